The Hall–Kier alpha value is -1.13. The minimum Gasteiger partial charge on any atom is -0.469 e. The van der Waals surface area contributed by atoms with E-state index in [-0.39, 0.29) is 24.6 Å². The molecule has 1 rings (SSSR count). The van der Waals surface area contributed by atoms with Crippen LogP contribution in [-0.4, -0.2) is 31.1 Å². The first-order valence-corrected chi connectivity index (χ1v) is 4.72. The number of esters is 1. The van der Waals surface area contributed by atoms with Crippen LogP contribution in [0, 0.1) is 0 Å². The van der Waals surface area contributed by atoms with Gasteiger partial charge in [-0.25, -0.2) is 0 Å². The highest BCUT2D eigenvalue weighted by molar-refractivity contribution is 5.70. The normalized spacial score (nSPS) is 28.4. The van der Waals surface area contributed by atoms with Gasteiger partial charge in [-0.15, -0.1) is 13.2 Å². The number of carbonyl (C=O) groups is 1. The van der Waals surface area contributed by atoms with Gasteiger partial charge in [0.2, 0.25) is 0 Å². The Bertz CT molecular complexity index is 256. The van der Waals surface area contributed by atoms with Crippen LogP contribution in [0.5, 0.6) is 0 Å². The summed E-state index contributed by atoms with van der Waals surface area (Å²) in [5, 5.41) is 0. The van der Waals surface area contributed by atoms with Crippen molar-refractivity contribution in [1.82, 2.24) is 0 Å². The van der Waals surface area contributed by atoms with Crippen LogP contribution in [0.25, 0.3) is 0 Å². The molecule has 4 nitrogen and oxygen atoms in total. The summed E-state index contributed by atoms with van der Waals surface area (Å²) < 4.78 is 15.7. The van der Waals surface area contributed by atoms with Crippen LogP contribution in [0.15, 0.2) is 25.3 Å². The molecule has 0 radical (unpaired) electrons. The summed E-state index contributed by atoms with van der Waals surface area (Å²) in [6.45, 7) is 8.97. The molecule has 0 aliphatic carbocycles. The lowest BCUT2D eigenvalue weighted by Crippen LogP contribution is -2.30. The van der Waals surface area contributed by atoms with Crippen LogP contribution in [0.2, 0.25) is 0 Å². The van der Waals surface area contributed by atoms with Crippen molar-refractivity contribution in [3.63, 3.8) is 0 Å². The van der Waals surface area contributed by atoms with Crippen molar-refractivity contribution in [3.05, 3.63) is 25.3 Å². The molecule has 0 aromatic heterocycles. The van der Waals surface area contributed by atoms with Crippen LogP contribution in [0.4, 0.5) is 0 Å². The summed E-state index contributed by atoms with van der Waals surface area (Å²) in [4.78, 5) is 11.1. The van der Waals surface area contributed by atoms with E-state index >= 15 is 0 Å². The summed E-state index contributed by atoms with van der Waals surface area (Å²) in [5.41, 5.74) is 0. The zero-order valence-corrected chi connectivity index (χ0v) is 9.06. The Labute approximate surface area is 89.5 Å². The summed E-state index contributed by atoms with van der Waals surface area (Å²) in [5.74, 6) is -1.32. The van der Waals surface area contributed by atoms with Gasteiger partial charge in [0.25, 0.3) is 0 Å². The van der Waals surface area contributed by atoms with Crippen molar-refractivity contribution in [1.29, 1.82) is 0 Å². The fourth-order valence-corrected chi connectivity index (χ4v) is 1.52. The molecule has 0 N–H and O–H groups in total. The SMILES string of the molecule is C=C[C@H]1OC(C)(CC(=O)OC)O[C@@H]1C=C. The highest BCUT2D eigenvalue weighted by Crippen LogP contribution is 2.32. The van der Waals surface area contributed by atoms with E-state index in [9.17, 15) is 4.79 Å². The van der Waals surface area contributed by atoms with Crippen LogP contribution >= 0.6 is 0 Å². The topological polar surface area (TPSA) is 44.8 Å². The molecule has 0 spiro atoms. The minimum absolute atomic E-state index is 0.0537. The number of hydrogen-bond donors (Lipinski definition) is 0. The highest BCUT2D eigenvalue weighted by atomic mass is 16.8. The lowest BCUT2D eigenvalue weighted by molar-refractivity contribution is -0.178. The van der Waals surface area contributed by atoms with Gasteiger partial charge in [0.1, 0.15) is 12.2 Å². The van der Waals surface area contributed by atoms with Crippen molar-refractivity contribution in [2.75, 3.05) is 7.11 Å². The second-order valence-corrected chi connectivity index (χ2v) is 3.52. The summed E-state index contributed by atoms with van der Waals surface area (Å²) in [6.07, 6.45) is 2.79. The molecular formula is C11H16O4. The maximum absolute atomic E-state index is 11.1. The van der Waals surface area contributed by atoms with Crippen molar-refractivity contribution >= 4 is 5.97 Å². The summed E-state index contributed by atoms with van der Waals surface area (Å²) in [7, 11) is 1.33. The first kappa shape index (κ1) is 11.9. The molecular weight excluding hydrogens is 196 g/mol. The van der Waals surface area contributed by atoms with E-state index in [4.69, 9.17) is 9.47 Å². The van der Waals surface area contributed by atoms with Gasteiger partial charge in [0.05, 0.1) is 13.5 Å². The van der Waals surface area contributed by atoms with Crippen molar-refractivity contribution < 1.29 is 19.0 Å². The molecule has 0 aromatic carbocycles. The molecule has 0 unspecified atom stereocenters. The summed E-state index contributed by atoms with van der Waals surface area (Å²) >= 11 is 0. The van der Waals surface area contributed by atoms with Crippen LogP contribution in [-0.2, 0) is 19.0 Å². The maximum atomic E-state index is 11.1. The zero-order valence-electron chi connectivity index (χ0n) is 9.06. The van der Waals surface area contributed by atoms with Gasteiger partial charge in [-0.05, 0) is 6.92 Å². The molecule has 1 fully saturated rings. The van der Waals surface area contributed by atoms with Crippen LogP contribution < -0.4 is 0 Å². The predicted molar refractivity (Wildman–Crippen MR) is 55.2 cm³/mol. The van der Waals surface area contributed by atoms with Crippen LogP contribution in [0.3, 0.4) is 0 Å². The van der Waals surface area contributed by atoms with Crippen LogP contribution in [0.1, 0.15) is 13.3 Å². The number of hydrogen-bond acceptors (Lipinski definition) is 4. The quantitative estimate of drug-likeness (QED) is 0.522. The Balaban J connectivity index is 2.68. The second-order valence-electron chi connectivity index (χ2n) is 3.52. The molecule has 84 valence electrons. The maximum Gasteiger partial charge on any atom is 0.310 e. The molecule has 0 aromatic rings. The molecule has 15 heavy (non-hydrogen) atoms. The van der Waals surface area contributed by atoms with E-state index in [2.05, 4.69) is 17.9 Å². The van der Waals surface area contributed by atoms with E-state index in [0.717, 1.165) is 0 Å². The van der Waals surface area contributed by atoms with Crippen molar-refractivity contribution in [3.8, 4) is 0 Å². The molecule has 1 aliphatic rings. The van der Waals surface area contributed by atoms with Gasteiger partial charge in [-0.3, -0.25) is 4.79 Å². The number of rotatable bonds is 4. The smallest absolute Gasteiger partial charge is 0.310 e. The Morgan fingerprint density at radius 1 is 1.40 bits per heavy atom. The standard InChI is InChI=1S/C11H16O4/c1-5-8-9(6-2)15-11(3,14-8)7-10(12)13-4/h5-6,8-9H,1-2,7H2,3-4H3/t8-,9-/m1/s1. The third kappa shape index (κ3) is 2.67. The molecule has 0 saturated carbocycles. The average Bonchev–Trinajstić information content (AvgIpc) is 2.54. The van der Waals surface area contributed by atoms with Gasteiger partial charge in [-0.2, -0.15) is 0 Å². The molecule has 1 saturated heterocycles. The lowest BCUT2D eigenvalue weighted by Gasteiger charge is -2.21. The van der Waals surface area contributed by atoms with E-state index in [0.29, 0.717) is 0 Å². The van der Waals surface area contributed by atoms with Crippen molar-refractivity contribution in [2.24, 2.45) is 0 Å². The van der Waals surface area contributed by atoms with Crippen molar-refractivity contribution in [2.45, 2.75) is 31.3 Å². The third-order valence-corrected chi connectivity index (χ3v) is 2.25. The average molecular weight is 212 g/mol. The van der Waals surface area contributed by atoms with Gasteiger partial charge in [0, 0.05) is 0 Å². The molecule has 2 atom stereocenters. The second kappa shape index (κ2) is 4.59. The first-order chi connectivity index (χ1) is 7.04. The van der Waals surface area contributed by atoms with Gasteiger partial charge >= 0.3 is 5.97 Å². The first-order valence-electron chi connectivity index (χ1n) is 4.72. The van der Waals surface area contributed by atoms with Gasteiger partial charge in [-0.1, -0.05) is 12.2 Å². The van der Waals surface area contributed by atoms with E-state index in [1.165, 1.54) is 7.11 Å². The number of methoxy groups -OCH3 is 1. The Kier molecular flexibility index (Phi) is 3.66. The Morgan fingerprint density at radius 3 is 2.20 bits per heavy atom. The van der Waals surface area contributed by atoms with E-state index in [1.54, 1.807) is 19.1 Å². The van der Waals surface area contributed by atoms with E-state index < -0.39 is 5.79 Å². The minimum atomic E-state index is -0.954. The fraction of sp³-hybridized carbons (Fsp3) is 0.545. The molecule has 1 aliphatic heterocycles. The summed E-state index contributed by atoms with van der Waals surface area (Å²) in [6, 6.07) is 0. The number of carbonyl (C=O) groups excluding carboxylic acids is 1. The fourth-order valence-electron chi connectivity index (χ4n) is 1.52. The highest BCUT2D eigenvalue weighted by Gasteiger charge is 2.43. The van der Waals surface area contributed by atoms with Gasteiger partial charge < -0.3 is 14.2 Å². The Morgan fingerprint density at radius 2 is 1.87 bits per heavy atom. The third-order valence-electron chi connectivity index (χ3n) is 2.25. The van der Waals surface area contributed by atoms with Gasteiger partial charge in [0.15, 0.2) is 5.79 Å². The lowest BCUT2D eigenvalue weighted by atomic mass is 10.2. The number of ether oxygens (including phenoxy) is 3. The predicted octanol–water partition coefficient (Wildman–Crippen LogP) is 1.42. The van der Waals surface area contributed by atoms with E-state index in [1.807, 2.05) is 0 Å². The zero-order chi connectivity index (χ0) is 11.5. The molecule has 0 bridgehead atoms. The molecule has 1 heterocycles. The monoisotopic (exact) mass is 212 g/mol. The largest absolute Gasteiger partial charge is 0.469 e. The molecule has 0 amide bonds. The molecule has 4 heteroatoms.